The highest BCUT2D eigenvalue weighted by Crippen LogP contribution is 2.33. The van der Waals surface area contributed by atoms with Crippen LogP contribution in [-0.2, 0) is 15.1 Å². The fourth-order valence-corrected chi connectivity index (χ4v) is 4.65. The predicted octanol–water partition coefficient (Wildman–Crippen LogP) is 3.82. The Bertz CT molecular complexity index is 1170. The van der Waals surface area contributed by atoms with E-state index >= 15 is 0 Å². The van der Waals surface area contributed by atoms with E-state index in [1.54, 1.807) is 18.7 Å². The van der Waals surface area contributed by atoms with Gasteiger partial charge >= 0.3 is 6.03 Å². The number of carbonyl (C=O) groups is 3. The Labute approximate surface area is 191 Å². The van der Waals surface area contributed by atoms with Crippen molar-refractivity contribution in [3.8, 4) is 0 Å². The van der Waals surface area contributed by atoms with Crippen LogP contribution < -0.4 is 10.6 Å². The minimum atomic E-state index is -1.22. The van der Waals surface area contributed by atoms with Crippen LogP contribution >= 0.6 is 11.8 Å². The van der Waals surface area contributed by atoms with Gasteiger partial charge in [0.05, 0.1) is 0 Å². The van der Waals surface area contributed by atoms with Gasteiger partial charge in [-0.2, -0.15) is 0 Å². The number of hydrogen-bond acceptors (Lipinski definition) is 4. The molecule has 0 radical (unpaired) electrons. The largest absolute Gasteiger partial charge is 0.354 e. The Morgan fingerprint density at radius 3 is 2.53 bits per heavy atom. The number of hydrogen-bond donors (Lipinski definition) is 2. The van der Waals surface area contributed by atoms with E-state index < -0.39 is 17.5 Å². The van der Waals surface area contributed by atoms with Crippen LogP contribution in [0.25, 0.3) is 10.8 Å². The molecule has 1 aliphatic heterocycles. The molecule has 3 aromatic carbocycles. The third-order valence-electron chi connectivity index (χ3n) is 5.62. The summed E-state index contributed by atoms with van der Waals surface area (Å²) in [6.45, 7) is 3.86. The lowest BCUT2D eigenvalue weighted by molar-refractivity contribution is -0.134. The molecule has 1 aliphatic rings. The number of nitrogens with one attached hydrogen (secondary N) is 2. The average Bonchev–Trinajstić information content (AvgIpc) is 3.01. The maximum absolute atomic E-state index is 13.2. The molecule has 0 saturated carbocycles. The van der Waals surface area contributed by atoms with Crippen LogP contribution in [0.15, 0.2) is 71.6 Å². The van der Waals surface area contributed by atoms with Crippen molar-refractivity contribution in [3.05, 3.63) is 77.9 Å². The summed E-state index contributed by atoms with van der Waals surface area (Å²) in [7, 11) is 0. The minimum absolute atomic E-state index is 0.305. The Morgan fingerprint density at radius 1 is 1.03 bits per heavy atom. The summed E-state index contributed by atoms with van der Waals surface area (Å²) in [5.74, 6) is -0.0916. The summed E-state index contributed by atoms with van der Waals surface area (Å²) in [6, 6.07) is 21.0. The zero-order chi connectivity index (χ0) is 22.7. The van der Waals surface area contributed by atoms with Gasteiger partial charge in [-0.15, -0.1) is 11.8 Å². The van der Waals surface area contributed by atoms with Gasteiger partial charge in [-0.05, 0) is 42.3 Å². The molecule has 1 saturated heterocycles. The first kappa shape index (κ1) is 21.9. The van der Waals surface area contributed by atoms with Gasteiger partial charge in [0, 0.05) is 17.2 Å². The summed E-state index contributed by atoms with van der Waals surface area (Å²) < 4.78 is 0. The Hall–Kier alpha value is -3.32. The molecule has 7 heteroatoms. The normalized spacial score (nSPS) is 18.1. The first-order chi connectivity index (χ1) is 15.4. The third kappa shape index (κ3) is 4.34. The van der Waals surface area contributed by atoms with E-state index in [4.69, 9.17) is 0 Å². The molecule has 0 bridgehead atoms. The molecule has 0 aliphatic carbocycles. The first-order valence-electron chi connectivity index (χ1n) is 10.5. The molecule has 32 heavy (non-hydrogen) atoms. The highest BCUT2D eigenvalue weighted by atomic mass is 32.2. The molecular weight excluding hydrogens is 422 g/mol. The molecule has 3 aromatic rings. The summed E-state index contributed by atoms with van der Waals surface area (Å²) in [4.78, 5) is 40.3. The third-order valence-corrected chi connectivity index (χ3v) is 6.63. The molecule has 6 nitrogen and oxygen atoms in total. The smallest absolute Gasteiger partial charge is 0.325 e. The Balaban J connectivity index is 1.38. The van der Waals surface area contributed by atoms with E-state index in [0.29, 0.717) is 17.9 Å². The van der Waals surface area contributed by atoms with Gasteiger partial charge in [-0.3, -0.25) is 14.5 Å². The van der Waals surface area contributed by atoms with E-state index in [1.807, 2.05) is 73.7 Å². The van der Waals surface area contributed by atoms with Crippen molar-refractivity contribution in [3.63, 3.8) is 0 Å². The second-order valence-corrected chi connectivity index (χ2v) is 9.15. The van der Waals surface area contributed by atoms with Gasteiger partial charge in [0.2, 0.25) is 5.91 Å². The molecule has 0 unspecified atom stereocenters. The summed E-state index contributed by atoms with van der Waals surface area (Å²) >= 11 is 1.64. The zero-order valence-electron chi connectivity index (χ0n) is 18.1. The molecule has 1 fully saturated rings. The topological polar surface area (TPSA) is 78.5 Å². The highest BCUT2D eigenvalue weighted by Gasteiger charge is 2.50. The van der Waals surface area contributed by atoms with Crippen molar-refractivity contribution < 1.29 is 14.4 Å². The maximum atomic E-state index is 13.2. The average molecular weight is 448 g/mol. The van der Waals surface area contributed by atoms with Gasteiger partial charge in [0.1, 0.15) is 12.1 Å². The SMILES string of the molecule is Cc1ccc(SCCNC(=O)CN2C(=O)N[C@](C)(c3cccc4ccccc34)C2=O)cc1. The first-order valence-corrected chi connectivity index (χ1v) is 11.5. The van der Waals surface area contributed by atoms with Crippen molar-refractivity contribution in [1.82, 2.24) is 15.5 Å². The molecule has 1 atom stereocenters. The van der Waals surface area contributed by atoms with Crippen molar-refractivity contribution >= 4 is 40.4 Å². The number of amides is 4. The van der Waals surface area contributed by atoms with Crippen LogP contribution in [-0.4, -0.2) is 41.6 Å². The number of fused-ring (bicyclic) bond motifs is 1. The lowest BCUT2D eigenvalue weighted by atomic mass is 9.88. The van der Waals surface area contributed by atoms with Crippen LogP contribution in [0.4, 0.5) is 4.79 Å². The summed E-state index contributed by atoms with van der Waals surface area (Å²) in [6.07, 6.45) is 0. The second-order valence-electron chi connectivity index (χ2n) is 7.98. The lowest BCUT2D eigenvalue weighted by Gasteiger charge is -2.24. The molecule has 0 aromatic heterocycles. The summed E-state index contributed by atoms with van der Waals surface area (Å²) in [5.41, 5.74) is 0.692. The van der Waals surface area contributed by atoms with Gasteiger partial charge in [0.25, 0.3) is 5.91 Å². The second kappa shape index (κ2) is 9.04. The molecule has 1 heterocycles. The maximum Gasteiger partial charge on any atom is 0.325 e. The number of thioether (sulfide) groups is 1. The zero-order valence-corrected chi connectivity index (χ0v) is 18.9. The van der Waals surface area contributed by atoms with Crippen molar-refractivity contribution in [2.24, 2.45) is 0 Å². The van der Waals surface area contributed by atoms with Crippen LogP contribution in [0.2, 0.25) is 0 Å². The number of rotatable bonds is 7. The van der Waals surface area contributed by atoms with Crippen LogP contribution in [0.5, 0.6) is 0 Å². The van der Waals surface area contributed by atoms with Gasteiger partial charge in [-0.25, -0.2) is 4.79 Å². The number of benzene rings is 3. The molecule has 4 rings (SSSR count). The fourth-order valence-electron chi connectivity index (χ4n) is 3.88. The minimum Gasteiger partial charge on any atom is -0.354 e. The molecular formula is C25H25N3O3S. The lowest BCUT2D eigenvalue weighted by Crippen LogP contribution is -2.43. The van der Waals surface area contributed by atoms with E-state index in [-0.39, 0.29) is 12.5 Å². The Morgan fingerprint density at radius 2 is 1.75 bits per heavy atom. The number of urea groups is 1. The van der Waals surface area contributed by atoms with Crippen LogP contribution in [0.3, 0.4) is 0 Å². The monoisotopic (exact) mass is 447 g/mol. The van der Waals surface area contributed by atoms with Crippen LogP contribution in [0.1, 0.15) is 18.1 Å². The van der Waals surface area contributed by atoms with Crippen molar-refractivity contribution in [1.29, 1.82) is 0 Å². The van der Waals surface area contributed by atoms with Crippen LogP contribution in [0, 0.1) is 6.92 Å². The van der Waals surface area contributed by atoms with Gasteiger partial charge in [0.15, 0.2) is 0 Å². The van der Waals surface area contributed by atoms with E-state index in [9.17, 15) is 14.4 Å². The van der Waals surface area contributed by atoms with Crippen molar-refractivity contribution in [2.75, 3.05) is 18.8 Å². The quantitative estimate of drug-likeness (QED) is 0.328. The van der Waals surface area contributed by atoms with E-state index in [2.05, 4.69) is 10.6 Å². The number of imide groups is 1. The van der Waals surface area contributed by atoms with E-state index in [1.165, 1.54) is 5.56 Å². The highest BCUT2D eigenvalue weighted by molar-refractivity contribution is 7.99. The fraction of sp³-hybridized carbons (Fsp3) is 0.240. The number of nitrogens with zero attached hydrogens (tertiary/aromatic N) is 1. The number of carbonyl (C=O) groups excluding carboxylic acids is 3. The van der Waals surface area contributed by atoms with Gasteiger partial charge in [-0.1, -0.05) is 60.2 Å². The molecule has 0 spiro atoms. The standard InChI is InChI=1S/C25H25N3O3S/c1-17-10-12-19(13-11-17)32-15-14-26-22(29)16-28-23(30)25(2,27-24(28)31)21-9-5-7-18-6-3-4-8-20(18)21/h3-13H,14-16H2,1-2H3,(H,26,29)(H,27,31)/t25-/m1/s1. The molecule has 2 N–H and O–H groups in total. The molecule has 4 amide bonds. The predicted molar refractivity (Wildman–Crippen MR) is 126 cm³/mol. The Kier molecular flexibility index (Phi) is 6.19. The number of aryl methyl sites for hydroxylation is 1. The van der Waals surface area contributed by atoms with Crippen molar-refractivity contribution in [2.45, 2.75) is 24.3 Å². The summed E-state index contributed by atoms with van der Waals surface area (Å²) in [5, 5.41) is 7.46. The molecule has 164 valence electrons. The van der Waals surface area contributed by atoms with E-state index in [0.717, 1.165) is 20.6 Å². The van der Waals surface area contributed by atoms with Gasteiger partial charge < -0.3 is 10.6 Å².